The minimum Gasteiger partial charge on any atom is -0.506 e. The Morgan fingerprint density at radius 1 is 1.46 bits per heavy atom. The van der Waals surface area contributed by atoms with Crippen molar-refractivity contribution in [3.05, 3.63) is 28.8 Å². The predicted octanol–water partition coefficient (Wildman–Crippen LogP) is 1.16. The first-order chi connectivity index (χ1) is 6.02. The molecule has 0 spiro atoms. The average Bonchev–Trinajstić information content (AvgIpc) is 2.08. The van der Waals surface area contributed by atoms with Gasteiger partial charge in [0.25, 0.3) is 0 Å². The van der Waals surface area contributed by atoms with Crippen molar-refractivity contribution in [2.24, 2.45) is 0 Å². The van der Waals surface area contributed by atoms with E-state index >= 15 is 0 Å². The van der Waals surface area contributed by atoms with Crippen molar-refractivity contribution < 1.29 is 20.1 Å². The molecule has 13 heavy (non-hydrogen) atoms. The molecular formula is C8H7ClO4. The van der Waals surface area contributed by atoms with Gasteiger partial charge in [-0.05, 0) is 17.7 Å². The molecule has 0 heterocycles. The van der Waals surface area contributed by atoms with Crippen LogP contribution in [0.4, 0.5) is 0 Å². The molecule has 0 aliphatic carbocycles. The number of carboxylic acid groups (broad SMARTS) is 1. The lowest BCUT2D eigenvalue weighted by atomic mass is 10.1. The normalized spacial score (nSPS) is 12.5. The van der Waals surface area contributed by atoms with E-state index in [1.807, 2.05) is 0 Å². The molecule has 0 aliphatic rings. The van der Waals surface area contributed by atoms with E-state index in [2.05, 4.69) is 0 Å². The standard InChI is InChI=1S/C8H7ClO4/c9-5-2-1-4(3-6(5)10)7(11)8(12)13/h1-3,7,10-11H,(H,12,13)/t7-/m1/s1. The molecule has 5 heteroatoms. The molecule has 0 aliphatic heterocycles. The highest BCUT2D eigenvalue weighted by Crippen LogP contribution is 2.26. The van der Waals surface area contributed by atoms with E-state index in [0.29, 0.717) is 0 Å². The minimum absolute atomic E-state index is 0.0920. The van der Waals surface area contributed by atoms with Crippen LogP contribution in [-0.4, -0.2) is 21.3 Å². The summed E-state index contributed by atoms with van der Waals surface area (Å²) in [6, 6.07) is 3.76. The van der Waals surface area contributed by atoms with Gasteiger partial charge in [-0.1, -0.05) is 17.7 Å². The van der Waals surface area contributed by atoms with Crippen LogP contribution in [0.25, 0.3) is 0 Å². The molecule has 0 amide bonds. The smallest absolute Gasteiger partial charge is 0.337 e. The third kappa shape index (κ3) is 2.11. The molecule has 1 rings (SSSR count). The van der Waals surface area contributed by atoms with Gasteiger partial charge in [0.1, 0.15) is 5.75 Å². The number of phenolic OH excluding ortho intramolecular Hbond substituents is 1. The van der Waals surface area contributed by atoms with Crippen molar-refractivity contribution in [2.75, 3.05) is 0 Å². The van der Waals surface area contributed by atoms with E-state index in [1.165, 1.54) is 12.1 Å². The van der Waals surface area contributed by atoms with Crippen LogP contribution in [0.15, 0.2) is 18.2 Å². The maximum absolute atomic E-state index is 10.3. The van der Waals surface area contributed by atoms with Crippen molar-refractivity contribution >= 4 is 17.6 Å². The summed E-state index contributed by atoms with van der Waals surface area (Å²) in [5.74, 6) is -1.62. The molecule has 0 saturated heterocycles. The van der Waals surface area contributed by atoms with Crippen LogP contribution in [0.3, 0.4) is 0 Å². The Balaban J connectivity index is 3.03. The maximum atomic E-state index is 10.3. The van der Waals surface area contributed by atoms with Crippen molar-refractivity contribution in [1.29, 1.82) is 0 Å². The highest BCUT2D eigenvalue weighted by atomic mass is 35.5. The highest BCUT2D eigenvalue weighted by molar-refractivity contribution is 6.32. The Kier molecular flexibility index (Phi) is 2.75. The van der Waals surface area contributed by atoms with E-state index in [-0.39, 0.29) is 16.3 Å². The van der Waals surface area contributed by atoms with E-state index in [9.17, 15) is 4.79 Å². The molecule has 0 radical (unpaired) electrons. The monoisotopic (exact) mass is 202 g/mol. The number of benzene rings is 1. The number of hydrogen-bond acceptors (Lipinski definition) is 3. The Labute approximate surface area is 79.0 Å². The molecule has 0 unspecified atom stereocenters. The van der Waals surface area contributed by atoms with Crippen LogP contribution in [0.5, 0.6) is 5.75 Å². The number of carboxylic acids is 1. The average molecular weight is 203 g/mol. The number of aliphatic carboxylic acids is 1. The Bertz CT molecular complexity index is 337. The fourth-order valence-corrected chi connectivity index (χ4v) is 0.960. The summed E-state index contributed by atoms with van der Waals surface area (Å²) in [6.07, 6.45) is -1.64. The van der Waals surface area contributed by atoms with Gasteiger partial charge in [0, 0.05) is 0 Å². The van der Waals surface area contributed by atoms with Crippen molar-refractivity contribution in [2.45, 2.75) is 6.10 Å². The van der Waals surface area contributed by atoms with Gasteiger partial charge in [0.15, 0.2) is 6.10 Å². The van der Waals surface area contributed by atoms with Gasteiger partial charge in [0.05, 0.1) is 5.02 Å². The van der Waals surface area contributed by atoms with Crippen LogP contribution in [0, 0.1) is 0 Å². The van der Waals surface area contributed by atoms with Crippen molar-refractivity contribution in [1.82, 2.24) is 0 Å². The van der Waals surface area contributed by atoms with Gasteiger partial charge in [0.2, 0.25) is 0 Å². The largest absolute Gasteiger partial charge is 0.506 e. The molecular weight excluding hydrogens is 196 g/mol. The number of rotatable bonds is 2. The summed E-state index contributed by atoms with van der Waals surface area (Å²) >= 11 is 5.49. The van der Waals surface area contributed by atoms with Crippen LogP contribution in [-0.2, 0) is 4.79 Å². The summed E-state index contributed by atoms with van der Waals surface area (Å²) in [5, 5.41) is 26.7. The fourth-order valence-electron chi connectivity index (χ4n) is 0.842. The summed E-state index contributed by atoms with van der Waals surface area (Å²) in [6.45, 7) is 0. The summed E-state index contributed by atoms with van der Waals surface area (Å²) in [5.41, 5.74) is 0.0920. The number of hydrogen-bond donors (Lipinski definition) is 3. The van der Waals surface area contributed by atoms with E-state index in [1.54, 1.807) is 0 Å². The Hall–Kier alpha value is -1.26. The summed E-state index contributed by atoms with van der Waals surface area (Å²) in [4.78, 5) is 10.3. The third-order valence-corrected chi connectivity index (χ3v) is 1.84. The molecule has 1 atom stereocenters. The van der Waals surface area contributed by atoms with Gasteiger partial charge in [-0.3, -0.25) is 0 Å². The molecule has 1 aromatic carbocycles. The zero-order valence-corrected chi connectivity index (χ0v) is 7.19. The van der Waals surface area contributed by atoms with Gasteiger partial charge in [-0.15, -0.1) is 0 Å². The number of phenols is 1. The molecule has 0 aromatic heterocycles. The summed E-state index contributed by atoms with van der Waals surface area (Å²) < 4.78 is 0. The Morgan fingerprint density at radius 3 is 2.54 bits per heavy atom. The maximum Gasteiger partial charge on any atom is 0.337 e. The first kappa shape index (κ1) is 9.83. The minimum atomic E-state index is -1.64. The van der Waals surface area contributed by atoms with E-state index in [4.69, 9.17) is 26.9 Å². The molecule has 3 N–H and O–H groups in total. The molecule has 70 valence electrons. The van der Waals surface area contributed by atoms with Gasteiger partial charge in [-0.25, -0.2) is 4.79 Å². The number of carbonyl (C=O) groups is 1. The second-order valence-corrected chi connectivity index (χ2v) is 2.86. The van der Waals surface area contributed by atoms with Crippen LogP contribution >= 0.6 is 11.6 Å². The van der Waals surface area contributed by atoms with Crippen LogP contribution in [0.2, 0.25) is 5.02 Å². The van der Waals surface area contributed by atoms with E-state index in [0.717, 1.165) is 6.07 Å². The first-order valence-electron chi connectivity index (χ1n) is 3.41. The van der Waals surface area contributed by atoms with Gasteiger partial charge >= 0.3 is 5.97 Å². The fraction of sp³-hybridized carbons (Fsp3) is 0.125. The topological polar surface area (TPSA) is 77.8 Å². The number of halogens is 1. The van der Waals surface area contributed by atoms with Crippen LogP contribution < -0.4 is 0 Å². The lowest BCUT2D eigenvalue weighted by molar-refractivity contribution is -0.146. The lowest BCUT2D eigenvalue weighted by Crippen LogP contribution is -2.09. The first-order valence-corrected chi connectivity index (χ1v) is 3.79. The Morgan fingerprint density at radius 2 is 2.08 bits per heavy atom. The van der Waals surface area contributed by atoms with Crippen molar-refractivity contribution in [3.8, 4) is 5.75 Å². The highest BCUT2D eigenvalue weighted by Gasteiger charge is 2.16. The molecule has 1 aromatic rings. The van der Waals surface area contributed by atoms with E-state index < -0.39 is 12.1 Å². The van der Waals surface area contributed by atoms with Crippen LogP contribution in [0.1, 0.15) is 11.7 Å². The molecule has 0 bridgehead atoms. The SMILES string of the molecule is O=C(O)[C@H](O)c1ccc(Cl)c(O)c1. The number of aromatic hydroxyl groups is 1. The zero-order chi connectivity index (χ0) is 10.0. The second-order valence-electron chi connectivity index (χ2n) is 2.45. The van der Waals surface area contributed by atoms with Gasteiger partial charge in [-0.2, -0.15) is 0 Å². The lowest BCUT2D eigenvalue weighted by Gasteiger charge is -2.06. The molecule has 0 fully saturated rings. The number of aliphatic hydroxyl groups excluding tert-OH is 1. The molecule has 4 nitrogen and oxygen atoms in total. The van der Waals surface area contributed by atoms with Crippen molar-refractivity contribution in [3.63, 3.8) is 0 Å². The molecule has 0 saturated carbocycles. The van der Waals surface area contributed by atoms with Gasteiger partial charge < -0.3 is 15.3 Å². The third-order valence-electron chi connectivity index (χ3n) is 1.52. The second kappa shape index (κ2) is 3.64. The quantitative estimate of drug-likeness (QED) is 0.673. The summed E-state index contributed by atoms with van der Waals surface area (Å²) in [7, 11) is 0. The zero-order valence-electron chi connectivity index (χ0n) is 6.44. The number of aliphatic hydroxyl groups is 1. The predicted molar refractivity (Wildman–Crippen MR) is 45.7 cm³/mol.